The fraction of sp³-hybridized carbons (Fsp3) is 0.160. The maximum atomic E-state index is 12.5. The van der Waals surface area contributed by atoms with Crippen LogP contribution in [-0.2, 0) is 6.54 Å². The van der Waals surface area contributed by atoms with E-state index in [1.165, 1.54) is 17.0 Å². The molecule has 1 aromatic heterocycles. The minimum atomic E-state index is -0.458. The fourth-order valence-corrected chi connectivity index (χ4v) is 4.07. The van der Waals surface area contributed by atoms with Crippen LogP contribution in [0, 0.1) is 10.1 Å². The third kappa shape index (κ3) is 3.88. The molecule has 0 fully saturated rings. The molecule has 9 nitrogen and oxygen atoms in total. The first-order valence-electron chi connectivity index (χ1n) is 10.8. The first-order chi connectivity index (χ1) is 16.5. The molecule has 1 aliphatic rings. The van der Waals surface area contributed by atoms with E-state index in [1.807, 2.05) is 30.3 Å². The molecular weight excluding hydrogens is 436 g/mol. The topological polar surface area (TPSA) is 108 Å². The monoisotopic (exact) mass is 456 g/mol. The van der Waals surface area contributed by atoms with Crippen LogP contribution in [-0.4, -0.2) is 44.6 Å². The van der Waals surface area contributed by atoms with E-state index in [0.29, 0.717) is 35.0 Å². The normalized spacial score (nSPS) is 12.9. The molecule has 0 aliphatic carbocycles. The molecule has 2 amide bonds. The van der Waals surface area contributed by atoms with Gasteiger partial charge in [0.25, 0.3) is 17.5 Å². The quantitative estimate of drug-likeness (QED) is 0.171. The number of carbonyl (C=O) groups excluding carboxylic acids is 2. The highest BCUT2D eigenvalue weighted by Crippen LogP contribution is 2.30. The molecule has 0 radical (unpaired) electrons. The number of hydrogen-bond donors (Lipinski definition) is 0. The van der Waals surface area contributed by atoms with Crippen molar-refractivity contribution >= 4 is 28.4 Å². The maximum Gasteiger partial charge on any atom is 0.270 e. The van der Waals surface area contributed by atoms with E-state index in [2.05, 4.69) is 5.10 Å². The summed E-state index contributed by atoms with van der Waals surface area (Å²) < 4.78 is 7.62. The van der Waals surface area contributed by atoms with E-state index >= 15 is 0 Å². The van der Waals surface area contributed by atoms with Crippen molar-refractivity contribution < 1.29 is 19.2 Å². The number of nitrogens with zero attached hydrogens (tertiary/aromatic N) is 4. The Bertz CT molecular complexity index is 1380. The van der Waals surface area contributed by atoms with Gasteiger partial charge in [-0.1, -0.05) is 42.5 Å². The Balaban J connectivity index is 1.32. The van der Waals surface area contributed by atoms with Crippen molar-refractivity contribution in [1.29, 1.82) is 0 Å². The molecule has 9 heteroatoms. The zero-order valence-electron chi connectivity index (χ0n) is 18.1. The Morgan fingerprint density at radius 1 is 0.912 bits per heavy atom. The summed E-state index contributed by atoms with van der Waals surface area (Å²) in [4.78, 5) is 37.1. The average Bonchev–Trinajstić information content (AvgIpc) is 3.32. The molecule has 4 aromatic rings. The largest absolute Gasteiger partial charge is 0.476 e. The second-order valence-electron chi connectivity index (χ2n) is 7.92. The molecular formula is C25H20N4O5. The van der Waals surface area contributed by atoms with Gasteiger partial charge in [-0.3, -0.25) is 29.3 Å². The number of rotatable bonds is 8. The van der Waals surface area contributed by atoms with E-state index in [-0.39, 0.29) is 36.5 Å². The van der Waals surface area contributed by atoms with Crippen molar-refractivity contribution in [2.24, 2.45) is 0 Å². The van der Waals surface area contributed by atoms with Crippen LogP contribution in [0.2, 0.25) is 0 Å². The molecule has 34 heavy (non-hydrogen) atoms. The van der Waals surface area contributed by atoms with Gasteiger partial charge in [0.2, 0.25) is 5.88 Å². The lowest BCUT2D eigenvalue weighted by Gasteiger charge is -2.13. The summed E-state index contributed by atoms with van der Waals surface area (Å²) in [7, 11) is 0. The summed E-state index contributed by atoms with van der Waals surface area (Å²) in [5, 5.41) is 16.4. The van der Waals surface area contributed by atoms with Gasteiger partial charge in [-0.15, -0.1) is 5.10 Å². The SMILES string of the molecule is O=C1c2ccccc2C(=O)N1CCCOc1nn(Cc2ccccc2)c2ccc([N+](=O)[O-])cc12. The number of nitro benzene ring substituents is 1. The van der Waals surface area contributed by atoms with Crippen LogP contribution in [0.25, 0.3) is 10.9 Å². The molecule has 170 valence electrons. The van der Waals surface area contributed by atoms with Crippen molar-refractivity contribution in [3.63, 3.8) is 0 Å². The van der Waals surface area contributed by atoms with Crippen LogP contribution in [0.15, 0.2) is 72.8 Å². The number of ether oxygens (including phenoxy) is 1. The number of aromatic nitrogens is 2. The molecule has 0 spiro atoms. The first-order valence-corrected chi connectivity index (χ1v) is 10.8. The predicted octanol–water partition coefficient (Wildman–Crippen LogP) is 4.06. The lowest BCUT2D eigenvalue weighted by Crippen LogP contribution is -2.31. The van der Waals surface area contributed by atoms with E-state index in [1.54, 1.807) is 35.0 Å². The zero-order valence-corrected chi connectivity index (χ0v) is 18.1. The molecule has 0 N–H and O–H groups in total. The van der Waals surface area contributed by atoms with Crippen LogP contribution in [0.5, 0.6) is 5.88 Å². The summed E-state index contributed by atoms with van der Waals surface area (Å²) in [5.41, 5.74) is 2.51. The van der Waals surface area contributed by atoms with Gasteiger partial charge in [0.15, 0.2) is 0 Å². The van der Waals surface area contributed by atoms with Crippen LogP contribution >= 0.6 is 0 Å². The average molecular weight is 456 g/mol. The van der Waals surface area contributed by atoms with Gasteiger partial charge in [-0.2, -0.15) is 0 Å². The second-order valence-corrected chi connectivity index (χ2v) is 7.92. The highest BCUT2D eigenvalue weighted by molar-refractivity contribution is 6.21. The van der Waals surface area contributed by atoms with Crippen molar-refractivity contribution in [2.75, 3.05) is 13.2 Å². The Morgan fingerprint density at radius 3 is 2.26 bits per heavy atom. The van der Waals surface area contributed by atoms with E-state index in [9.17, 15) is 19.7 Å². The van der Waals surface area contributed by atoms with Crippen LogP contribution in [0.3, 0.4) is 0 Å². The van der Waals surface area contributed by atoms with E-state index in [0.717, 1.165) is 5.56 Å². The lowest BCUT2D eigenvalue weighted by molar-refractivity contribution is -0.384. The summed E-state index contributed by atoms with van der Waals surface area (Å²) in [6.07, 6.45) is 0.396. The van der Waals surface area contributed by atoms with Gasteiger partial charge >= 0.3 is 0 Å². The second kappa shape index (κ2) is 8.78. The van der Waals surface area contributed by atoms with Gasteiger partial charge in [-0.25, -0.2) is 0 Å². The molecule has 2 heterocycles. The number of amides is 2. The fourth-order valence-electron chi connectivity index (χ4n) is 4.07. The standard InChI is InChI=1S/C25H20N4O5/c30-24-19-9-4-5-10-20(19)25(31)27(24)13-6-14-34-23-21-15-18(29(32)33)11-12-22(21)28(26-23)16-17-7-2-1-3-8-17/h1-5,7-12,15H,6,13-14,16H2. The first kappa shape index (κ1) is 21.3. The van der Waals surface area contributed by atoms with Crippen molar-refractivity contribution in [3.05, 3.63) is 99.6 Å². The molecule has 0 unspecified atom stereocenters. The van der Waals surface area contributed by atoms with Gasteiger partial charge in [0, 0.05) is 18.7 Å². The summed E-state index contributed by atoms with van der Waals surface area (Å²) in [5.74, 6) is -0.348. The van der Waals surface area contributed by atoms with Gasteiger partial charge in [0.05, 0.1) is 40.1 Å². The molecule has 0 saturated carbocycles. The maximum absolute atomic E-state index is 12.5. The Morgan fingerprint density at radius 2 is 1.59 bits per heavy atom. The number of imide groups is 1. The molecule has 0 saturated heterocycles. The minimum absolute atomic E-state index is 0.0531. The zero-order chi connectivity index (χ0) is 23.7. The van der Waals surface area contributed by atoms with Crippen molar-refractivity contribution in [3.8, 4) is 5.88 Å². The predicted molar refractivity (Wildman–Crippen MR) is 124 cm³/mol. The third-order valence-corrected chi connectivity index (χ3v) is 5.73. The van der Waals surface area contributed by atoms with Gasteiger partial charge in [-0.05, 0) is 30.2 Å². The van der Waals surface area contributed by atoms with Gasteiger partial charge < -0.3 is 4.74 Å². The molecule has 0 bridgehead atoms. The summed E-state index contributed by atoms with van der Waals surface area (Å²) >= 11 is 0. The third-order valence-electron chi connectivity index (χ3n) is 5.73. The van der Waals surface area contributed by atoms with E-state index < -0.39 is 4.92 Å². The Kier molecular flexibility index (Phi) is 5.51. The van der Waals surface area contributed by atoms with E-state index in [4.69, 9.17) is 4.74 Å². The smallest absolute Gasteiger partial charge is 0.270 e. The highest BCUT2D eigenvalue weighted by atomic mass is 16.6. The van der Waals surface area contributed by atoms with Crippen molar-refractivity contribution in [1.82, 2.24) is 14.7 Å². The molecule has 3 aromatic carbocycles. The van der Waals surface area contributed by atoms with Crippen LogP contribution < -0.4 is 4.74 Å². The number of nitro groups is 1. The molecule has 5 rings (SSSR count). The van der Waals surface area contributed by atoms with Gasteiger partial charge in [0.1, 0.15) is 0 Å². The molecule has 0 atom stereocenters. The van der Waals surface area contributed by atoms with Crippen LogP contribution in [0.4, 0.5) is 5.69 Å². The number of fused-ring (bicyclic) bond motifs is 2. The summed E-state index contributed by atoms with van der Waals surface area (Å²) in [6, 6.07) is 21.0. The van der Waals surface area contributed by atoms with Crippen molar-refractivity contribution in [2.45, 2.75) is 13.0 Å². The molecule has 1 aliphatic heterocycles. The number of benzene rings is 3. The number of non-ortho nitro benzene ring substituents is 1. The van der Waals surface area contributed by atoms with Crippen LogP contribution in [0.1, 0.15) is 32.7 Å². The lowest BCUT2D eigenvalue weighted by atomic mass is 10.1. The Labute approximate surface area is 194 Å². The summed E-state index contributed by atoms with van der Waals surface area (Å²) in [6.45, 7) is 0.871. The number of carbonyl (C=O) groups is 2. The number of hydrogen-bond acceptors (Lipinski definition) is 6. The Hall–Kier alpha value is -4.53. The minimum Gasteiger partial charge on any atom is -0.476 e. The highest BCUT2D eigenvalue weighted by Gasteiger charge is 2.34.